The second-order valence-corrected chi connectivity index (χ2v) is 2.38. The van der Waals surface area contributed by atoms with Crippen LogP contribution < -0.4 is 5.73 Å². The summed E-state index contributed by atoms with van der Waals surface area (Å²) in [5.41, 5.74) is 6.53. The van der Waals surface area contributed by atoms with Crippen LogP contribution in [0.4, 0.5) is 0 Å². The van der Waals surface area contributed by atoms with Gasteiger partial charge in [0.25, 0.3) is 0 Å². The quantitative estimate of drug-likeness (QED) is 0.757. The fourth-order valence-electron chi connectivity index (χ4n) is 0.808. The molecule has 1 unspecified atom stereocenters. The first-order valence-electron chi connectivity index (χ1n) is 3.24. The summed E-state index contributed by atoms with van der Waals surface area (Å²) in [5.74, 6) is 0.273. The van der Waals surface area contributed by atoms with E-state index in [1.54, 1.807) is 18.2 Å². The van der Waals surface area contributed by atoms with Crippen molar-refractivity contribution >= 4 is 17.0 Å². The van der Waals surface area contributed by atoms with Gasteiger partial charge in [-0.15, -0.1) is 17.0 Å². The third-order valence-electron chi connectivity index (χ3n) is 1.40. The largest absolute Gasteiger partial charge is 0.508 e. The van der Waals surface area contributed by atoms with Gasteiger partial charge in [-0.3, -0.25) is 0 Å². The molecule has 3 heteroatoms. The third kappa shape index (κ3) is 2.91. The summed E-state index contributed by atoms with van der Waals surface area (Å²) in [6.07, 6.45) is 0. The van der Waals surface area contributed by atoms with E-state index < -0.39 is 0 Å². The lowest BCUT2D eigenvalue weighted by Gasteiger charge is -2.03. The second-order valence-electron chi connectivity index (χ2n) is 2.38. The van der Waals surface area contributed by atoms with Gasteiger partial charge in [-0.2, -0.15) is 0 Å². The van der Waals surface area contributed by atoms with Gasteiger partial charge in [-0.1, -0.05) is 12.1 Å². The van der Waals surface area contributed by atoms with Crippen LogP contribution in [0.5, 0.6) is 5.75 Å². The van der Waals surface area contributed by atoms with E-state index in [4.69, 9.17) is 10.8 Å². The van der Waals surface area contributed by atoms with Crippen LogP contribution in [0.15, 0.2) is 24.3 Å². The molecule has 0 aliphatic rings. The molecule has 1 atom stereocenters. The predicted octanol–water partition coefficient (Wildman–Crippen LogP) is 1.99. The highest BCUT2D eigenvalue weighted by Gasteiger charge is 1.97. The Hall–Kier alpha value is -0.540. The van der Waals surface area contributed by atoms with Crippen molar-refractivity contribution in [2.45, 2.75) is 13.0 Å². The van der Waals surface area contributed by atoms with Gasteiger partial charge in [0.05, 0.1) is 0 Å². The van der Waals surface area contributed by atoms with Gasteiger partial charge in [0.15, 0.2) is 0 Å². The van der Waals surface area contributed by atoms with E-state index >= 15 is 0 Å². The number of halogens is 1. The van der Waals surface area contributed by atoms with E-state index in [1.165, 1.54) is 0 Å². The van der Waals surface area contributed by atoms with Gasteiger partial charge in [0, 0.05) is 6.04 Å². The lowest BCUT2D eigenvalue weighted by Crippen LogP contribution is -2.03. The minimum absolute atomic E-state index is 0. The molecule has 2 nitrogen and oxygen atoms in total. The average molecular weight is 218 g/mol. The maximum atomic E-state index is 9.01. The number of nitrogens with two attached hydrogens (primary N) is 1. The summed E-state index contributed by atoms with van der Waals surface area (Å²) in [4.78, 5) is 0. The number of hydrogen-bond donors (Lipinski definition) is 2. The van der Waals surface area contributed by atoms with E-state index in [-0.39, 0.29) is 28.8 Å². The topological polar surface area (TPSA) is 46.2 Å². The summed E-state index contributed by atoms with van der Waals surface area (Å²) < 4.78 is 0. The highest BCUT2D eigenvalue weighted by atomic mass is 79.9. The Kier molecular flexibility index (Phi) is 4.15. The van der Waals surface area contributed by atoms with E-state index in [1.807, 2.05) is 13.0 Å². The molecule has 0 bridgehead atoms. The SMILES string of the molecule is Br.CC(N)c1cccc(O)c1. The molecule has 62 valence electrons. The van der Waals surface area contributed by atoms with Gasteiger partial charge in [-0.25, -0.2) is 0 Å². The lowest BCUT2D eigenvalue weighted by molar-refractivity contribution is 0.474. The van der Waals surface area contributed by atoms with Crippen LogP contribution in [0.2, 0.25) is 0 Å². The Balaban J connectivity index is 0.000001000. The number of phenolic OH excluding ortho intramolecular Hbond substituents is 1. The molecule has 0 fully saturated rings. The standard InChI is InChI=1S/C8H11NO.BrH/c1-6(9)7-3-2-4-8(10)5-7;/h2-6,10H,9H2,1H3;1H. The molecule has 11 heavy (non-hydrogen) atoms. The van der Waals surface area contributed by atoms with Crippen LogP contribution in [0.3, 0.4) is 0 Å². The molecule has 0 heterocycles. The highest BCUT2D eigenvalue weighted by Crippen LogP contribution is 2.15. The average Bonchev–Trinajstić information content (AvgIpc) is 1.88. The van der Waals surface area contributed by atoms with Crippen molar-refractivity contribution in [3.63, 3.8) is 0 Å². The van der Waals surface area contributed by atoms with E-state index in [0.717, 1.165) is 5.56 Å². The zero-order valence-corrected chi connectivity index (χ0v) is 8.03. The normalized spacial score (nSPS) is 11.8. The summed E-state index contributed by atoms with van der Waals surface area (Å²) >= 11 is 0. The molecule has 0 radical (unpaired) electrons. The van der Waals surface area contributed by atoms with E-state index in [9.17, 15) is 0 Å². The zero-order valence-electron chi connectivity index (χ0n) is 6.32. The molecular formula is C8H12BrNO. The smallest absolute Gasteiger partial charge is 0.115 e. The molecule has 0 aromatic heterocycles. The van der Waals surface area contributed by atoms with Crippen LogP contribution in [-0.4, -0.2) is 5.11 Å². The van der Waals surface area contributed by atoms with Gasteiger partial charge >= 0.3 is 0 Å². The Labute approximate surface area is 76.8 Å². The molecule has 0 amide bonds. The Morgan fingerprint density at radius 2 is 2.09 bits per heavy atom. The van der Waals surface area contributed by atoms with Crippen molar-refractivity contribution in [2.24, 2.45) is 5.73 Å². The maximum absolute atomic E-state index is 9.01. The zero-order chi connectivity index (χ0) is 7.56. The minimum Gasteiger partial charge on any atom is -0.508 e. The molecule has 3 N–H and O–H groups in total. The minimum atomic E-state index is -0.00731. The lowest BCUT2D eigenvalue weighted by atomic mass is 10.1. The number of rotatable bonds is 1. The van der Waals surface area contributed by atoms with Crippen molar-refractivity contribution in [3.05, 3.63) is 29.8 Å². The fourth-order valence-corrected chi connectivity index (χ4v) is 0.808. The first-order valence-corrected chi connectivity index (χ1v) is 3.24. The van der Waals surface area contributed by atoms with Gasteiger partial charge in [0.2, 0.25) is 0 Å². The molecule has 0 saturated heterocycles. The number of benzene rings is 1. The first-order chi connectivity index (χ1) is 4.70. The maximum Gasteiger partial charge on any atom is 0.115 e. The summed E-state index contributed by atoms with van der Waals surface area (Å²) in [5, 5.41) is 9.01. The summed E-state index contributed by atoms with van der Waals surface area (Å²) in [6.45, 7) is 1.88. The highest BCUT2D eigenvalue weighted by molar-refractivity contribution is 8.93. The van der Waals surface area contributed by atoms with E-state index in [2.05, 4.69) is 0 Å². The Morgan fingerprint density at radius 1 is 1.45 bits per heavy atom. The van der Waals surface area contributed by atoms with Crippen LogP contribution >= 0.6 is 17.0 Å². The molecule has 0 aliphatic carbocycles. The number of phenols is 1. The van der Waals surface area contributed by atoms with Crippen LogP contribution in [-0.2, 0) is 0 Å². The molecule has 0 aliphatic heterocycles. The summed E-state index contributed by atoms with van der Waals surface area (Å²) in [7, 11) is 0. The van der Waals surface area contributed by atoms with E-state index in [0.29, 0.717) is 0 Å². The van der Waals surface area contributed by atoms with Crippen LogP contribution in [0.25, 0.3) is 0 Å². The number of hydrogen-bond acceptors (Lipinski definition) is 2. The fraction of sp³-hybridized carbons (Fsp3) is 0.250. The van der Waals surface area contributed by atoms with Crippen molar-refractivity contribution < 1.29 is 5.11 Å². The Morgan fingerprint density at radius 3 is 2.45 bits per heavy atom. The summed E-state index contributed by atoms with van der Waals surface area (Å²) in [6, 6.07) is 6.97. The van der Waals surface area contributed by atoms with Gasteiger partial charge in [0.1, 0.15) is 5.75 Å². The van der Waals surface area contributed by atoms with Crippen LogP contribution in [0, 0.1) is 0 Å². The molecule has 1 rings (SSSR count). The third-order valence-corrected chi connectivity index (χ3v) is 1.40. The molecule has 1 aromatic rings. The van der Waals surface area contributed by atoms with Crippen molar-refractivity contribution in [1.82, 2.24) is 0 Å². The van der Waals surface area contributed by atoms with Gasteiger partial charge < -0.3 is 10.8 Å². The molecule has 0 saturated carbocycles. The molecular weight excluding hydrogens is 206 g/mol. The molecule has 0 spiro atoms. The van der Waals surface area contributed by atoms with Crippen molar-refractivity contribution in [2.75, 3.05) is 0 Å². The first kappa shape index (κ1) is 10.5. The van der Waals surface area contributed by atoms with Gasteiger partial charge in [-0.05, 0) is 24.6 Å². The second kappa shape index (κ2) is 4.36. The Bertz CT molecular complexity index is 225. The van der Waals surface area contributed by atoms with Crippen LogP contribution in [0.1, 0.15) is 18.5 Å². The predicted molar refractivity (Wildman–Crippen MR) is 51.0 cm³/mol. The van der Waals surface area contributed by atoms with Crippen molar-refractivity contribution in [1.29, 1.82) is 0 Å². The molecule has 1 aromatic carbocycles. The number of aromatic hydroxyl groups is 1. The monoisotopic (exact) mass is 217 g/mol. The van der Waals surface area contributed by atoms with Crippen molar-refractivity contribution in [3.8, 4) is 5.75 Å².